The summed E-state index contributed by atoms with van der Waals surface area (Å²) in [5, 5.41) is 15.1. The van der Waals surface area contributed by atoms with Crippen LogP contribution in [0.1, 0.15) is 34.2 Å². The van der Waals surface area contributed by atoms with Crippen LogP contribution in [0.3, 0.4) is 0 Å². The van der Waals surface area contributed by atoms with Gasteiger partial charge in [0.2, 0.25) is 0 Å². The second-order valence-corrected chi connectivity index (χ2v) is 7.78. The molecule has 0 fully saturated rings. The number of hydrogen-bond acceptors (Lipinski definition) is 5. The molecule has 3 aromatic rings. The SMILES string of the molecule is COc1cccc([C@@H]2Nc3ccc([N+](=O)[O-])cc3[C@H]3c4ccccc4C[C@@H]32)c1OC. The molecular weight excluding hydrogens is 380 g/mol. The maximum absolute atomic E-state index is 11.4. The zero-order valence-corrected chi connectivity index (χ0v) is 16.8. The van der Waals surface area contributed by atoms with Crippen LogP contribution in [0.15, 0.2) is 60.7 Å². The monoisotopic (exact) mass is 402 g/mol. The van der Waals surface area contributed by atoms with E-state index in [4.69, 9.17) is 9.47 Å². The summed E-state index contributed by atoms with van der Waals surface area (Å²) >= 11 is 0. The normalized spacial score (nSPS) is 21.1. The van der Waals surface area contributed by atoms with E-state index in [-0.39, 0.29) is 28.5 Å². The average Bonchev–Trinajstić information content (AvgIpc) is 3.17. The number of rotatable bonds is 4. The number of methoxy groups -OCH3 is 2. The van der Waals surface area contributed by atoms with Gasteiger partial charge in [-0.15, -0.1) is 0 Å². The van der Waals surface area contributed by atoms with Crippen molar-refractivity contribution in [2.24, 2.45) is 5.92 Å². The van der Waals surface area contributed by atoms with Gasteiger partial charge < -0.3 is 14.8 Å². The third-order valence-corrected chi connectivity index (χ3v) is 6.36. The number of nitrogens with one attached hydrogen (secondary N) is 1. The summed E-state index contributed by atoms with van der Waals surface area (Å²) in [6, 6.07) is 19.4. The van der Waals surface area contributed by atoms with Crippen molar-refractivity contribution in [3.05, 3.63) is 93.0 Å². The zero-order valence-electron chi connectivity index (χ0n) is 16.8. The molecule has 6 nitrogen and oxygen atoms in total. The lowest BCUT2D eigenvalue weighted by molar-refractivity contribution is -0.384. The smallest absolute Gasteiger partial charge is 0.269 e. The molecule has 3 aromatic carbocycles. The van der Waals surface area contributed by atoms with Crippen molar-refractivity contribution in [1.29, 1.82) is 0 Å². The number of nitro groups is 1. The van der Waals surface area contributed by atoms with E-state index in [9.17, 15) is 10.1 Å². The Morgan fingerprint density at radius 2 is 1.77 bits per heavy atom. The molecule has 0 radical (unpaired) electrons. The van der Waals surface area contributed by atoms with Crippen LogP contribution in [0.4, 0.5) is 11.4 Å². The Kier molecular flexibility index (Phi) is 4.35. The van der Waals surface area contributed by atoms with Crippen LogP contribution in [0, 0.1) is 16.0 Å². The molecule has 1 N–H and O–H groups in total. The van der Waals surface area contributed by atoms with Crippen LogP contribution in [0.25, 0.3) is 0 Å². The number of benzene rings is 3. The molecule has 0 amide bonds. The lowest BCUT2D eigenvalue weighted by atomic mass is 9.75. The van der Waals surface area contributed by atoms with Gasteiger partial charge >= 0.3 is 0 Å². The Bertz CT molecular complexity index is 1140. The highest BCUT2D eigenvalue weighted by Gasteiger charge is 2.44. The van der Waals surface area contributed by atoms with Gasteiger partial charge in [0.1, 0.15) is 0 Å². The first-order chi connectivity index (χ1) is 14.6. The molecule has 0 bridgehead atoms. The molecule has 0 aromatic heterocycles. The Morgan fingerprint density at radius 1 is 0.967 bits per heavy atom. The van der Waals surface area contributed by atoms with Crippen LogP contribution in [-0.4, -0.2) is 19.1 Å². The van der Waals surface area contributed by atoms with E-state index in [0.717, 1.165) is 29.0 Å². The minimum Gasteiger partial charge on any atom is -0.493 e. The van der Waals surface area contributed by atoms with Gasteiger partial charge in [-0.25, -0.2) is 0 Å². The molecule has 0 unspecified atom stereocenters. The number of non-ortho nitro benzene ring substituents is 1. The Balaban J connectivity index is 1.70. The van der Waals surface area contributed by atoms with Gasteiger partial charge in [-0.1, -0.05) is 36.4 Å². The summed E-state index contributed by atoms with van der Waals surface area (Å²) in [4.78, 5) is 11.1. The second-order valence-electron chi connectivity index (χ2n) is 7.78. The maximum Gasteiger partial charge on any atom is 0.269 e. The van der Waals surface area contributed by atoms with Gasteiger partial charge in [-0.3, -0.25) is 10.1 Å². The van der Waals surface area contributed by atoms with E-state index in [1.165, 1.54) is 11.1 Å². The predicted molar refractivity (Wildman–Crippen MR) is 114 cm³/mol. The first-order valence-electron chi connectivity index (χ1n) is 9.96. The number of nitro benzene ring substituents is 1. The number of nitrogens with zero attached hydrogens (tertiary/aromatic N) is 1. The predicted octanol–water partition coefficient (Wildman–Crippen LogP) is 5.08. The number of fused-ring (bicyclic) bond motifs is 5. The van der Waals surface area contributed by atoms with Crippen molar-refractivity contribution in [3.63, 3.8) is 0 Å². The van der Waals surface area contributed by atoms with Gasteiger partial charge in [-0.05, 0) is 41.2 Å². The molecule has 1 aliphatic carbocycles. The average molecular weight is 402 g/mol. The van der Waals surface area contributed by atoms with Crippen molar-refractivity contribution >= 4 is 11.4 Å². The molecule has 30 heavy (non-hydrogen) atoms. The van der Waals surface area contributed by atoms with Gasteiger partial charge in [-0.2, -0.15) is 0 Å². The number of anilines is 1. The van der Waals surface area contributed by atoms with E-state index in [2.05, 4.69) is 29.6 Å². The Labute approximate surface area is 174 Å². The van der Waals surface area contributed by atoms with Gasteiger partial charge in [0.25, 0.3) is 5.69 Å². The molecule has 0 saturated carbocycles. The molecule has 2 aliphatic rings. The quantitative estimate of drug-likeness (QED) is 0.486. The molecule has 0 saturated heterocycles. The fourth-order valence-electron chi connectivity index (χ4n) is 5.13. The summed E-state index contributed by atoms with van der Waals surface area (Å²) in [6.07, 6.45) is 0.890. The molecule has 152 valence electrons. The molecule has 5 rings (SSSR count). The number of hydrogen-bond donors (Lipinski definition) is 1. The molecular formula is C24H22N2O4. The fourth-order valence-corrected chi connectivity index (χ4v) is 5.13. The highest BCUT2D eigenvalue weighted by Crippen LogP contribution is 2.55. The summed E-state index contributed by atoms with van der Waals surface area (Å²) < 4.78 is 11.3. The Morgan fingerprint density at radius 3 is 2.53 bits per heavy atom. The first kappa shape index (κ1) is 18.5. The van der Waals surface area contributed by atoms with Crippen molar-refractivity contribution in [1.82, 2.24) is 0 Å². The van der Waals surface area contributed by atoms with Crippen molar-refractivity contribution in [2.75, 3.05) is 19.5 Å². The molecule has 3 atom stereocenters. The zero-order chi connectivity index (χ0) is 20.8. The number of ether oxygens (including phenoxy) is 2. The summed E-state index contributed by atoms with van der Waals surface area (Å²) in [7, 11) is 3.29. The van der Waals surface area contributed by atoms with E-state index < -0.39 is 0 Å². The van der Waals surface area contributed by atoms with E-state index >= 15 is 0 Å². The second kappa shape index (κ2) is 7.06. The maximum atomic E-state index is 11.4. The number of para-hydroxylation sites is 1. The topological polar surface area (TPSA) is 73.6 Å². The van der Waals surface area contributed by atoms with E-state index in [0.29, 0.717) is 5.75 Å². The summed E-state index contributed by atoms with van der Waals surface area (Å²) in [6.45, 7) is 0. The highest BCUT2D eigenvalue weighted by atomic mass is 16.6. The molecule has 1 heterocycles. The largest absolute Gasteiger partial charge is 0.493 e. The van der Waals surface area contributed by atoms with Gasteiger partial charge in [0, 0.05) is 29.3 Å². The van der Waals surface area contributed by atoms with Crippen LogP contribution in [-0.2, 0) is 6.42 Å². The van der Waals surface area contributed by atoms with Crippen LogP contribution >= 0.6 is 0 Å². The third-order valence-electron chi connectivity index (χ3n) is 6.36. The highest BCUT2D eigenvalue weighted by molar-refractivity contribution is 5.66. The van der Waals surface area contributed by atoms with Crippen molar-refractivity contribution in [2.45, 2.75) is 18.4 Å². The summed E-state index contributed by atoms with van der Waals surface area (Å²) in [5.74, 6) is 1.70. The van der Waals surface area contributed by atoms with Gasteiger partial charge in [0.05, 0.1) is 25.2 Å². The molecule has 0 spiro atoms. The minimum atomic E-state index is -0.326. The lowest BCUT2D eigenvalue weighted by Gasteiger charge is -2.38. The van der Waals surface area contributed by atoms with E-state index in [1.54, 1.807) is 26.4 Å². The van der Waals surface area contributed by atoms with Crippen molar-refractivity contribution < 1.29 is 14.4 Å². The minimum absolute atomic E-state index is 0.0126. The van der Waals surface area contributed by atoms with E-state index in [1.807, 2.05) is 24.3 Å². The standard InChI is InChI=1S/C24H22N2O4/c1-29-21-9-5-8-17(24(21)30-2)23-19-12-14-6-3-4-7-16(14)22(19)18-13-15(26(27)28)10-11-20(18)25-23/h3-11,13,19,22-23,25H,12H2,1-2H3/t19-,22+,23-/m0/s1. The van der Waals surface area contributed by atoms with Crippen molar-refractivity contribution in [3.8, 4) is 11.5 Å². The first-order valence-corrected chi connectivity index (χ1v) is 9.96. The van der Waals surface area contributed by atoms with Crippen LogP contribution in [0.5, 0.6) is 11.5 Å². The Hall–Kier alpha value is -3.54. The van der Waals surface area contributed by atoms with Gasteiger partial charge in [0.15, 0.2) is 11.5 Å². The summed E-state index contributed by atoms with van der Waals surface area (Å²) in [5.41, 5.74) is 5.60. The lowest BCUT2D eigenvalue weighted by Crippen LogP contribution is -2.30. The van der Waals surface area contributed by atoms with Crippen LogP contribution < -0.4 is 14.8 Å². The van der Waals surface area contributed by atoms with Crippen LogP contribution in [0.2, 0.25) is 0 Å². The molecule has 1 aliphatic heterocycles. The third kappa shape index (κ3) is 2.71. The fraction of sp³-hybridized carbons (Fsp3) is 0.250. The molecule has 6 heteroatoms.